The molecule has 2 nitrogen and oxygen atoms in total. The molecule has 0 saturated heterocycles. The molecule has 1 aliphatic heterocycles. The van der Waals surface area contributed by atoms with Crippen LogP contribution in [0.25, 0.3) is 0 Å². The van der Waals surface area contributed by atoms with Gasteiger partial charge in [-0.2, -0.15) is 0 Å². The third kappa shape index (κ3) is 3.23. The van der Waals surface area contributed by atoms with Crippen molar-refractivity contribution in [3.63, 3.8) is 0 Å². The Balaban J connectivity index is 1.79. The van der Waals surface area contributed by atoms with Crippen LogP contribution in [0.5, 0.6) is 0 Å². The second-order valence-electron chi connectivity index (χ2n) is 5.01. The van der Waals surface area contributed by atoms with Crippen LogP contribution in [-0.4, -0.2) is 12.6 Å². The van der Waals surface area contributed by atoms with Crippen molar-refractivity contribution in [1.82, 2.24) is 0 Å². The van der Waals surface area contributed by atoms with Crippen molar-refractivity contribution in [3.05, 3.63) is 11.8 Å². The highest BCUT2D eigenvalue weighted by Crippen LogP contribution is 2.29. The minimum atomic E-state index is 0.258. The predicted octanol–water partition coefficient (Wildman–Crippen LogP) is 2.98. The van der Waals surface area contributed by atoms with Crippen LogP contribution < -0.4 is 5.73 Å². The molecule has 1 atom stereocenters. The van der Waals surface area contributed by atoms with E-state index in [-0.39, 0.29) is 6.04 Å². The van der Waals surface area contributed by atoms with E-state index < -0.39 is 0 Å². The summed E-state index contributed by atoms with van der Waals surface area (Å²) in [5, 5.41) is 0. The molecule has 1 unspecified atom stereocenters. The summed E-state index contributed by atoms with van der Waals surface area (Å²) in [6.07, 6.45) is 12.4. The van der Waals surface area contributed by atoms with Gasteiger partial charge in [-0.25, -0.2) is 0 Å². The smallest absolute Gasteiger partial charge is 0.0876 e. The molecule has 1 aliphatic carbocycles. The molecular weight excluding hydrogens is 186 g/mol. The van der Waals surface area contributed by atoms with Crippen molar-refractivity contribution in [2.75, 3.05) is 6.61 Å². The van der Waals surface area contributed by atoms with E-state index in [4.69, 9.17) is 10.5 Å². The summed E-state index contributed by atoms with van der Waals surface area (Å²) >= 11 is 0. The molecule has 86 valence electrons. The fourth-order valence-electron chi connectivity index (χ4n) is 2.79. The van der Waals surface area contributed by atoms with Crippen LogP contribution in [0.4, 0.5) is 0 Å². The molecule has 2 aliphatic rings. The van der Waals surface area contributed by atoms with Crippen LogP contribution in [-0.2, 0) is 4.74 Å². The summed E-state index contributed by atoms with van der Waals surface area (Å²) in [5.41, 5.74) is 7.57. The maximum atomic E-state index is 6.23. The van der Waals surface area contributed by atoms with Gasteiger partial charge in [-0.15, -0.1) is 0 Å². The zero-order valence-electron chi connectivity index (χ0n) is 9.58. The van der Waals surface area contributed by atoms with E-state index in [1.807, 2.05) is 6.26 Å². The van der Waals surface area contributed by atoms with E-state index in [2.05, 4.69) is 0 Å². The lowest BCUT2D eigenvalue weighted by Crippen LogP contribution is -2.28. The number of nitrogens with two attached hydrogens (primary N) is 1. The van der Waals surface area contributed by atoms with Gasteiger partial charge in [0.2, 0.25) is 0 Å². The van der Waals surface area contributed by atoms with Crippen molar-refractivity contribution in [3.8, 4) is 0 Å². The lowest BCUT2D eigenvalue weighted by molar-refractivity contribution is 0.218. The van der Waals surface area contributed by atoms with Crippen LogP contribution in [0.3, 0.4) is 0 Å². The molecule has 0 bridgehead atoms. The number of hydrogen-bond acceptors (Lipinski definition) is 2. The van der Waals surface area contributed by atoms with E-state index in [0.717, 1.165) is 25.4 Å². The van der Waals surface area contributed by atoms with Crippen molar-refractivity contribution in [2.24, 2.45) is 11.7 Å². The first-order valence-corrected chi connectivity index (χ1v) is 6.42. The number of hydrogen-bond donors (Lipinski definition) is 1. The minimum absolute atomic E-state index is 0.258. The quantitative estimate of drug-likeness (QED) is 0.775. The monoisotopic (exact) mass is 209 g/mol. The highest BCUT2D eigenvalue weighted by atomic mass is 16.5. The van der Waals surface area contributed by atoms with Crippen molar-refractivity contribution >= 4 is 0 Å². The van der Waals surface area contributed by atoms with Crippen LogP contribution in [0.1, 0.15) is 51.4 Å². The molecule has 15 heavy (non-hydrogen) atoms. The Kier molecular flexibility index (Phi) is 4.07. The summed E-state index contributed by atoms with van der Waals surface area (Å²) in [7, 11) is 0. The van der Waals surface area contributed by atoms with E-state index in [9.17, 15) is 0 Å². The first-order chi connectivity index (χ1) is 7.36. The SMILES string of the molecule is NC(CC1CCCCC1)C1=COCCC1. The Bertz CT molecular complexity index is 219. The predicted molar refractivity (Wildman–Crippen MR) is 62.4 cm³/mol. The van der Waals surface area contributed by atoms with Gasteiger partial charge in [-0.3, -0.25) is 0 Å². The van der Waals surface area contributed by atoms with Gasteiger partial charge in [0.15, 0.2) is 0 Å². The summed E-state index contributed by atoms with van der Waals surface area (Å²) in [6, 6.07) is 0.258. The fourth-order valence-corrected chi connectivity index (χ4v) is 2.79. The van der Waals surface area contributed by atoms with Crippen LogP contribution in [0.2, 0.25) is 0 Å². The fraction of sp³-hybridized carbons (Fsp3) is 0.846. The third-order valence-electron chi connectivity index (χ3n) is 3.75. The minimum Gasteiger partial charge on any atom is -0.501 e. The van der Waals surface area contributed by atoms with Gasteiger partial charge in [0, 0.05) is 6.04 Å². The molecule has 0 spiro atoms. The molecular formula is C13H23NO. The average molecular weight is 209 g/mol. The highest BCUT2D eigenvalue weighted by molar-refractivity contribution is 5.09. The Morgan fingerprint density at radius 2 is 2.07 bits per heavy atom. The van der Waals surface area contributed by atoms with Gasteiger partial charge in [0.05, 0.1) is 12.9 Å². The molecule has 2 rings (SSSR count). The van der Waals surface area contributed by atoms with Crippen LogP contribution in [0, 0.1) is 5.92 Å². The molecule has 1 saturated carbocycles. The van der Waals surface area contributed by atoms with Crippen molar-refractivity contribution in [2.45, 2.75) is 57.4 Å². The molecule has 0 radical (unpaired) electrons. The topological polar surface area (TPSA) is 35.2 Å². The molecule has 1 fully saturated rings. The second-order valence-corrected chi connectivity index (χ2v) is 5.01. The molecule has 2 heteroatoms. The molecule has 0 amide bonds. The van der Waals surface area contributed by atoms with E-state index in [0.29, 0.717) is 0 Å². The van der Waals surface area contributed by atoms with Gasteiger partial charge in [0.25, 0.3) is 0 Å². The molecule has 0 aromatic rings. The standard InChI is InChI=1S/C13H23NO/c14-13(12-7-4-8-15-10-12)9-11-5-2-1-3-6-11/h10-11,13H,1-9,14H2. The summed E-state index contributed by atoms with van der Waals surface area (Å²) in [5.74, 6) is 0.872. The normalized spacial score (nSPS) is 25.5. The number of ether oxygens (including phenoxy) is 1. The van der Waals surface area contributed by atoms with Crippen LogP contribution >= 0.6 is 0 Å². The van der Waals surface area contributed by atoms with Crippen LogP contribution in [0.15, 0.2) is 11.8 Å². The molecule has 1 heterocycles. The lowest BCUT2D eigenvalue weighted by atomic mass is 9.83. The zero-order valence-corrected chi connectivity index (χ0v) is 9.58. The maximum Gasteiger partial charge on any atom is 0.0876 e. The Labute approximate surface area is 92.9 Å². The number of rotatable bonds is 3. The molecule has 0 aromatic heterocycles. The van der Waals surface area contributed by atoms with Crippen molar-refractivity contribution in [1.29, 1.82) is 0 Å². The third-order valence-corrected chi connectivity index (χ3v) is 3.75. The average Bonchev–Trinajstić information content (AvgIpc) is 2.31. The summed E-state index contributed by atoms with van der Waals surface area (Å²) in [4.78, 5) is 0. The second kappa shape index (κ2) is 5.55. The largest absolute Gasteiger partial charge is 0.501 e. The van der Waals surface area contributed by atoms with E-state index >= 15 is 0 Å². The molecule has 0 aromatic carbocycles. The maximum absolute atomic E-state index is 6.23. The molecule has 2 N–H and O–H groups in total. The first kappa shape index (κ1) is 11.0. The Morgan fingerprint density at radius 3 is 2.73 bits per heavy atom. The highest BCUT2D eigenvalue weighted by Gasteiger charge is 2.20. The van der Waals surface area contributed by atoms with E-state index in [1.165, 1.54) is 44.1 Å². The van der Waals surface area contributed by atoms with Gasteiger partial charge >= 0.3 is 0 Å². The summed E-state index contributed by atoms with van der Waals surface area (Å²) in [6.45, 7) is 0.875. The van der Waals surface area contributed by atoms with Crippen molar-refractivity contribution < 1.29 is 4.74 Å². The Hall–Kier alpha value is -0.500. The van der Waals surface area contributed by atoms with Gasteiger partial charge in [-0.1, -0.05) is 32.1 Å². The first-order valence-electron chi connectivity index (χ1n) is 6.42. The lowest BCUT2D eigenvalue weighted by Gasteiger charge is -2.26. The van der Waals surface area contributed by atoms with E-state index in [1.54, 1.807) is 0 Å². The van der Waals surface area contributed by atoms with Gasteiger partial charge in [-0.05, 0) is 30.8 Å². The zero-order chi connectivity index (χ0) is 10.5. The summed E-state index contributed by atoms with van der Waals surface area (Å²) < 4.78 is 5.35. The van der Waals surface area contributed by atoms with Gasteiger partial charge in [0.1, 0.15) is 0 Å². The van der Waals surface area contributed by atoms with Gasteiger partial charge < -0.3 is 10.5 Å². The Morgan fingerprint density at radius 1 is 1.27 bits per heavy atom.